The van der Waals surface area contributed by atoms with E-state index >= 15 is 0 Å². The standard InChI is InChI=1S/C73H136O6/c1-4-7-10-13-16-19-22-25-27-29-30-31-32-33-34-35-36-37-38-39-40-41-42-43-44-45-47-48-51-54-57-60-63-66-72(75)78-69-70(68-77-71(74)65-62-59-56-53-50-24-21-18-15-12-9-6-3)79-73(76)67-64-61-58-55-52-49-46-28-26-23-20-17-14-11-8-5-2/h22,25,29-30,32-33,70H,4-21,23-24,26-28,31,34-69H2,1-3H3/b25-22-,30-29-,33-32-. The van der Waals surface area contributed by atoms with Crippen molar-refractivity contribution in [1.29, 1.82) is 0 Å². The minimum Gasteiger partial charge on any atom is -0.462 e. The van der Waals surface area contributed by atoms with Gasteiger partial charge in [-0.1, -0.05) is 353 Å². The van der Waals surface area contributed by atoms with Crippen LogP contribution < -0.4 is 0 Å². The maximum atomic E-state index is 12.9. The molecule has 1 unspecified atom stereocenters. The first-order chi connectivity index (χ1) is 39.0. The van der Waals surface area contributed by atoms with E-state index in [4.69, 9.17) is 14.2 Å². The number of rotatable bonds is 66. The van der Waals surface area contributed by atoms with Crippen LogP contribution in [-0.4, -0.2) is 37.2 Å². The fraction of sp³-hybridized carbons (Fsp3) is 0.877. The molecule has 6 nitrogen and oxygen atoms in total. The van der Waals surface area contributed by atoms with Crippen molar-refractivity contribution in [3.63, 3.8) is 0 Å². The van der Waals surface area contributed by atoms with E-state index in [1.54, 1.807) is 0 Å². The molecule has 1 atom stereocenters. The molecule has 464 valence electrons. The average molecular weight is 1110 g/mol. The molecule has 79 heavy (non-hydrogen) atoms. The van der Waals surface area contributed by atoms with E-state index in [2.05, 4.69) is 57.2 Å². The second-order valence-corrected chi connectivity index (χ2v) is 24.2. The molecule has 0 fully saturated rings. The van der Waals surface area contributed by atoms with Crippen LogP contribution in [0.1, 0.15) is 393 Å². The number of hydrogen-bond acceptors (Lipinski definition) is 6. The van der Waals surface area contributed by atoms with Gasteiger partial charge in [0.1, 0.15) is 13.2 Å². The summed E-state index contributed by atoms with van der Waals surface area (Å²) in [6.45, 7) is 6.70. The van der Waals surface area contributed by atoms with Crippen LogP contribution in [0.15, 0.2) is 36.5 Å². The molecule has 0 bridgehead atoms. The quantitative estimate of drug-likeness (QED) is 0.0261. The molecule has 0 radical (unpaired) electrons. The van der Waals surface area contributed by atoms with Crippen molar-refractivity contribution in [2.75, 3.05) is 13.2 Å². The molecule has 0 rings (SSSR count). The number of hydrogen-bond donors (Lipinski definition) is 0. The third kappa shape index (κ3) is 66.3. The van der Waals surface area contributed by atoms with Crippen LogP contribution in [0.25, 0.3) is 0 Å². The maximum Gasteiger partial charge on any atom is 0.306 e. The zero-order chi connectivity index (χ0) is 57.1. The van der Waals surface area contributed by atoms with Gasteiger partial charge in [-0.25, -0.2) is 0 Å². The topological polar surface area (TPSA) is 78.9 Å². The third-order valence-electron chi connectivity index (χ3n) is 16.1. The Bertz CT molecular complexity index is 1320. The van der Waals surface area contributed by atoms with Crippen LogP contribution in [0.4, 0.5) is 0 Å². The highest BCUT2D eigenvalue weighted by atomic mass is 16.6. The first kappa shape index (κ1) is 76.6. The molecule has 0 saturated carbocycles. The molecule has 6 heteroatoms. The molecule has 0 N–H and O–H groups in total. The zero-order valence-corrected chi connectivity index (χ0v) is 53.4. The second kappa shape index (κ2) is 68.1. The van der Waals surface area contributed by atoms with Crippen LogP contribution in [-0.2, 0) is 28.6 Å². The average Bonchev–Trinajstić information content (AvgIpc) is 3.45. The van der Waals surface area contributed by atoms with Crippen LogP contribution in [0.2, 0.25) is 0 Å². The normalized spacial score (nSPS) is 12.2. The van der Waals surface area contributed by atoms with E-state index in [0.29, 0.717) is 19.3 Å². The van der Waals surface area contributed by atoms with Gasteiger partial charge < -0.3 is 14.2 Å². The Hall–Kier alpha value is -2.37. The first-order valence-electron chi connectivity index (χ1n) is 35.5. The summed E-state index contributed by atoms with van der Waals surface area (Å²) >= 11 is 0. The molecule has 0 aromatic heterocycles. The predicted octanol–water partition coefficient (Wildman–Crippen LogP) is 24.3. The molecule has 0 aromatic carbocycles. The third-order valence-corrected chi connectivity index (χ3v) is 16.1. The summed E-state index contributed by atoms with van der Waals surface area (Å²) in [7, 11) is 0. The van der Waals surface area contributed by atoms with E-state index in [-0.39, 0.29) is 31.1 Å². The van der Waals surface area contributed by atoms with Gasteiger partial charge in [0.25, 0.3) is 0 Å². The lowest BCUT2D eigenvalue weighted by Crippen LogP contribution is -2.30. The minimum atomic E-state index is -0.766. The van der Waals surface area contributed by atoms with Crippen molar-refractivity contribution in [3.05, 3.63) is 36.5 Å². The Morgan fingerprint density at radius 3 is 0.709 bits per heavy atom. The van der Waals surface area contributed by atoms with Gasteiger partial charge in [0.05, 0.1) is 0 Å². The highest BCUT2D eigenvalue weighted by Gasteiger charge is 2.19. The van der Waals surface area contributed by atoms with E-state index in [1.807, 2.05) is 0 Å². The summed E-state index contributed by atoms with van der Waals surface area (Å²) in [5.41, 5.74) is 0. The fourth-order valence-corrected chi connectivity index (χ4v) is 10.8. The Morgan fingerprint density at radius 1 is 0.253 bits per heavy atom. The fourth-order valence-electron chi connectivity index (χ4n) is 10.8. The summed E-state index contributed by atoms with van der Waals surface area (Å²) in [5, 5.41) is 0. The largest absolute Gasteiger partial charge is 0.462 e. The van der Waals surface area contributed by atoms with E-state index in [9.17, 15) is 14.4 Å². The predicted molar refractivity (Wildman–Crippen MR) is 344 cm³/mol. The van der Waals surface area contributed by atoms with Crippen LogP contribution in [0.3, 0.4) is 0 Å². The summed E-state index contributed by atoms with van der Waals surface area (Å²) in [4.78, 5) is 38.3. The highest BCUT2D eigenvalue weighted by molar-refractivity contribution is 5.71. The molecule has 0 heterocycles. The van der Waals surface area contributed by atoms with Gasteiger partial charge in [0.15, 0.2) is 6.10 Å². The van der Waals surface area contributed by atoms with Gasteiger partial charge in [-0.2, -0.15) is 0 Å². The smallest absolute Gasteiger partial charge is 0.306 e. The molecule has 0 aliphatic rings. The summed E-state index contributed by atoms with van der Waals surface area (Å²) in [6.07, 6.45) is 84.7. The number of ether oxygens (including phenoxy) is 3. The highest BCUT2D eigenvalue weighted by Crippen LogP contribution is 2.19. The molecular weight excluding hydrogens is 973 g/mol. The second-order valence-electron chi connectivity index (χ2n) is 24.2. The summed E-state index contributed by atoms with van der Waals surface area (Å²) < 4.78 is 17.0. The Balaban J connectivity index is 4.09. The maximum absolute atomic E-state index is 12.9. The molecule has 0 aromatic rings. The van der Waals surface area contributed by atoms with Crippen LogP contribution in [0.5, 0.6) is 0 Å². The van der Waals surface area contributed by atoms with Crippen molar-refractivity contribution in [2.24, 2.45) is 0 Å². The molecular formula is C73H136O6. The SMILES string of the molecule is CCCCCCC/C=C\C/C=C\C/C=C\CCCCCCCCCCCCCCCCCCCCC(=O)OCC(COC(=O)CCCCCCCCCCCCCC)OC(=O)CCCCCCCCCCCCCCCCCC. The molecule has 0 spiro atoms. The molecule has 0 saturated heterocycles. The molecule has 0 aliphatic heterocycles. The van der Waals surface area contributed by atoms with E-state index in [1.165, 1.54) is 283 Å². The van der Waals surface area contributed by atoms with Crippen molar-refractivity contribution in [1.82, 2.24) is 0 Å². The lowest BCUT2D eigenvalue weighted by atomic mass is 10.0. The Kier molecular flexibility index (Phi) is 66.1. The van der Waals surface area contributed by atoms with Gasteiger partial charge in [-0.15, -0.1) is 0 Å². The van der Waals surface area contributed by atoms with Crippen molar-refractivity contribution in [2.45, 2.75) is 399 Å². The monoisotopic (exact) mass is 1110 g/mol. The first-order valence-corrected chi connectivity index (χ1v) is 35.5. The van der Waals surface area contributed by atoms with Gasteiger partial charge >= 0.3 is 17.9 Å². The number of carbonyl (C=O) groups is 3. The Morgan fingerprint density at radius 2 is 0.456 bits per heavy atom. The van der Waals surface area contributed by atoms with Crippen LogP contribution in [0, 0.1) is 0 Å². The van der Waals surface area contributed by atoms with E-state index < -0.39 is 6.10 Å². The van der Waals surface area contributed by atoms with Crippen LogP contribution >= 0.6 is 0 Å². The van der Waals surface area contributed by atoms with Gasteiger partial charge in [-0.05, 0) is 57.8 Å². The van der Waals surface area contributed by atoms with Crippen molar-refractivity contribution in [3.8, 4) is 0 Å². The van der Waals surface area contributed by atoms with Gasteiger partial charge in [-0.3, -0.25) is 14.4 Å². The zero-order valence-electron chi connectivity index (χ0n) is 53.4. The number of carbonyl (C=O) groups excluding carboxylic acids is 3. The van der Waals surface area contributed by atoms with Crippen molar-refractivity contribution < 1.29 is 28.6 Å². The Labute approximate surface area is 493 Å². The van der Waals surface area contributed by atoms with Gasteiger partial charge in [0.2, 0.25) is 0 Å². The lowest BCUT2D eigenvalue weighted by molar-refractivity contribution is -0.167. The summed E-state index contributed by atoms with van der Waals surface area (Å²) in [6, 6.07) is 0. The summed E-state index contributed by atoms with van der Waals surface area (Å²) in [5.74, 6) is -0.834. The minimum absolute atomic E-state index is 0.0643. The van der Waals surface area contributed by atoms with Gasteiger partial charge in [0, 0.05) is 19.3 Å². The van der Waals surface area contributed by atoms with E-state index in [0.717, 1.165) is 70.6 Å². The number of esters is 3. The van der Waals surface area contributed by atoms with Crippen molar-refractivity contribution >= 4 is 17.9 Å². The number of allylic oxidation sites excluding steroid dienone is 6. The lowest BCUT2D eigenvalue weighted by Gasteiger charge is -2.18. The number of unbranched alkanes of at least 4 members (excludes halogenated alkanes) is 49. The molecule has 0 aliphatic carbocycles. The molecule has 0 amide bonds.